The molecule has 0 unspecified atom stereocenters. The Labute approximate surface area is 180 Å². The number of carbonyl (C=O) groups is 2. The third-order valence-electron chi connectivity index (χ3n) is 3.99. The quantitative estimate of drug-likeness (QED) is 0.261. The number of carbonyl (C=O) groups excluding carboxylic acids is 2. The molecule has 0 aliphatic heterocycles. The summed E-state index contributed by atoms with van der Waals surface area (Å²) in [5, 5.41) is 3.65. The predicted octanol–water partition coefficient (Wildman–Crippen LogP) is 5.20. The number of amides is 1. The zero-order chi connectivity index (χ0) is 19.9. The van der Waals surface area contributed by atoms with Crippen molar-refractivity contribution in [1.29, 1.82) is 0 Å². The number of thiophene rings is 1. The predicted molar refractivity (Wildman–Crippen MR) is 118 cm³/mol. The standard InChI is InChI=1S/C20H20BrN3O2S2/c1-2-3-9-22-19(26)14-5-4-6-15(12-14)24-11-10-23-20(24)27-13-16(25)17-7-8-18(21)28-17/h4-8,10-12H,2-3,9,13H2,1H3,(H,22,26). The molecule has 146 valence electrons. The van der Waals surface area contributed by atoms with Crippen molar-refractivity contribution >= 4 is 50.7 Å². The lowest BCUT2D eigenvalue weighted by Gasteiger charge is -2.09. The van der Waals surface area contributed by atoms with E-state index in [4.69, 9.17) is 0 Å². The maximum Gasteiger partial charge on any atom is 0.251 e. The Kier molecular flexibility index (Phi) is 7.47. The summed E-state index contributed by atoms with van der Waals surface area (Å²) in [6.45, 7) is 2.76. The summed E-state index contributed by atoms with van der Waals surface area (Å²) >= 11 is 6.19. The molecule has 1 N–H and O–H groups in total. The van der Waals surface area contributed by atoms with Crippen molar-refractivity contribution in [3.63, 3.8) is 0 Å². The van der Waals surface area contributed by atoms with E-state index < -0.39 is 0 Å². The summed E-state index contributed by atoms with van der Waals surface area (Å²) < 4.78 is 2.84. The number of imidazole rings is 1. The van der Waals surface area contributed by atoms with Crippen molar-refractivity contribution in [2.45, 2.75) is 24.9 Å². The van der Waals surface area contributed by atoms with Crippen LogP contribution in [0.3, 0.4) is 0 Å². The molecule has 5 nitrogen and oxygen atoms in total. The lowest BCUT2D eigenvalue weighted by molar-refractivity contribution is 0.0952. The number of benzene rings is 1. The number of nitrogens with zero attached hydrogens (tertiary/aromatic N) is 2. The van der Waals surface area contributed by atoms with Crippen LogP contribution in [-0.4, -0.2) is 33.5 Å². The molecule has 0 saturated heterocycles. The molecule has 1 aromatic carbocycles. The molecular weight excluding hydrogens is 458 g/mol. The monoisotopic (exact) mass is 477 g/mol. The lowest BCUT2D eigenvalue weighted by atomic mass is 10.2. The molecule has 0 saturated carbocycles. The maximum absolute atomic E-state index is 12.3. The van der Waals surface area contributed by atoms with Gasteiger partial charge in [0.2, 0.25) is 0 Å². The van der Waals surface area contributed by atoms with Crippen LogP contribution in [-0.2, 0) is 0 Å². The van der Waals surface area contributed by atoms with Crippen LogP contribution in [0.2, 0.25) is 0 Å². The van der Waals surface area contributed by atoms with Gasteiger partial charge in [0.05, 0.1) is 14.4 Å². The molecule has 0 aliphatic rings. The highest BCUT2D eigenvalue weighted by molar-refractivity contribution is 9.11. The normalized spacial score (nSPS) is 10.8. The van der Waals surface area contributed by atoms with E-state index in [1.807, 2.05) is 41.1 Å². The summed E-state index contributed by atoms with van der Waals surface area (Å²) in [4.78, 5) is 29.8. The summed E-state index contributed by atoms with van der Waals surface area (Å²) in [7, 11) is 0. The lowest BCUT2D eigenvalue weighted by Crippen LogP contribution is -2.24. The molecule has 0 aliphatic carbocycles. The second-order valence-electron chi connectivity index (χ2n) is 6.06. The van der Waals surface area contributed by atoms with Crippen LogP contribution in [0.4, 0.5) is 0 Å². The maximum atomic E-state index is 12.3. The van der Waals surface area contributed by atoms with Gasteiger partial charge in [-0.1, -0.05) is 31.2 Å². The second-order valence-corrected chi connectivity index (χ2v) is 9.46. The van der Waals surface area contributed by atoms with Gasteiger partial charge in [0.25, 0.3) is 5.91 Å². The smallest absolute Gasteiger partial charge is 0.251 e. The van der Waals surface area contributed by atoms with Gasteiger partial charge in [-0.25, -0.2) is 4.98 Å². The van der Waals surface area contributed by atoms with E-state index in [1.54, 1.807) is 12.3 Å². The Hall–Kier alpha value is -1.90. The molecule has 0 radical (unpaired) electrons. The van der Waals surface area contributed by atoms with Crippen LogP contribution in [0, 0.1) is 0 Å². The van der Waals surface area contributed by atoms with Crippen LogP contribution in [0.15, 0.2) is 57.7 Å². The van der Waals surface area contributed by atoms with Gasteiger partial charge in [-0.05, 0) is 52.7 Å². The van der Waals surface area contributed by atoms with Crippen molar-refractivity contribution < 1.29 is 9.59 Å². The van der Waals surface area contributed by atoms with E-state index in [0.717, 1.165) is 27.2 Å². The summed E-state index contributed by atoms with van der Waals surface area (Å²) in [5.74, 6) is 0.295. The van der Waals surface area contributed by atoms with E-state index in [2.05, 4.69) is 33.2 Å². The van der Waals surface area contributed by atoms with Crippen molar-refractivity contribution in [1.82, 2.24) is 14.9 Å². The van der Waals surface area contributed by atoms with Crippen molar-refractivity contribution in [3.8, 4) is 5.69 Å². The van der Waals surface area contributed by atoms with Crippen LogP contribution < -0.4 is 5.32 Å². The summed E-state index contributed by atoms with van der Waals surface area (Å²) in [6.07, 6.45) is 5.53. The van der Waals surface area contributed by atoms with Crippen molar-refractivity contribution in [2.24, 2.45) is 0 Å². The number of ketones is 1. The topological polar surface area (TPSA) is 64.0 Å². The number of hydrogen-bond acceptors (Lipinski definition) is 5. The third-order valence-corrected chi connectivity index (χ3v) is 6.62. The summed E-state index contributed by atoms with van der Waals surface area (Å²) in [6, 6.07) is 11.1. The van der Waals surface area contributed by atoms with Gasteiger partial charge < -0.3 is 5.32 Å². The van der Waals surface area contributed by atoms with Crippen LogP contribution in [0.1, 0.15) is 39.8 Å². The molecule has 2 aromatic heterocycles. The van der Waals surface area contributed by atoms with Gasteiger partial charge in [0, 0.05) is 30.2 Å². The summed E-state index contributed by atoms with van der Waals surface area (Å²) in [5.41, 5.74) is 1.45. The molecule has 0 fully saturated rings. The molecule has 1 amide bonds. The van der Waals surface area contributed by atoms with E-state index in [1.165, 1.54) is 23.1 Å². The van der Waals surface area contributed by atoms with Gasteiger partial charge in [-0.3, -0.25) is 14.2 Å². The zero-order valence-corrected chi connectivity index (χ0v) is 18.6. The highest BCUT2D eigenvalue weighted by Gasteiger charge is 2.13. The minimum Gasteiger partial charge on any atom is -0.352 e. The number of rotatable bonds is 9. The highest BCUT2D eigenvalue weighted by atomic mass is 79.9. The first-order valence-electron chi connectivity index (χ1n) is 8.92. The fraction of sp³-hybridized carbons (Fsp3) is 0.250. The molecule has 0 atom stereocenters. The Morgan fingerprint density at radius 1 is 1.29 bits per heavy atom. The van der Waals surface area contributed by atoms with E-state index >= 15 is 0 Å². The number of Topliss-reactive ketones (excluding diaryl/α,β-unsaturated/α-hetero) is 1. The average Bonchev–Trinajstić information content (AvgIpc) is 3.35. The van der Waals surface area contributed by atoms with Gasteiger partial charge in [-0.15, -0.1) is 11.3 Å². The largest absolute Gasteiger partial charge is 0.352 e. The first-order chi connectivity index (χ1) is 13.6. The van der Waals surface area contributed by atoms with Crippen molar-refractivity contribution in [3.05, 3.63) is 63.0 Å². The molecular formula is C20H20BrN3O2S2. The minimum absolute atomic E-state index is 0.0688. The molecule has 28 heavy (non-hydrogen) atoms. The molecule has 3 rings (SSSR count). The SMILES string of the molecule is CCCCNC(=O)c1cccc(-n2ccnc2SCC(=O)c2ccc(Br)s2)c1. The van der Waals surface area contributed by atoms with E-state index in [-0.39, 0.29) is 11.7 Å². The van der Waals surface area contributed by atoms with E-state index in [9.17, 15) is 9.59 Å². The molecule has 0 bridgehead atoms. The minimum atomic E-state index is -0.0805. The number of thioether (sulfide) groups is 1. The second kappa shape index (κ2) is 10.0. The number of halogens is 1. The number of nitrogens with one attached hydrogen (secondary N) is 1. The van der Waals surface area contributed by atoms with E-state index in [0.29, 0.717) is 23.0 Å². The van der Waals surface area contributed by atoms with Crippen LogP contribution in [0.5, 0.6) is 0 Å². The first-order valence-corrected chi connectivity index (χ1v) is 11.5. The first kappa shape index (κ1) is 20.8. The van der Waals surface area contributed by atoms with Gasteiger partial charge in [-0.2, -0.15) is 0 Å². The fourth-order valence-corrected chi connectivity index (χ4v) is 4.81. The number of aromatic nitrogens is 2. The fourth-order valence-electron chi connectivity index (χ4n) is 2.54. The average molecular weight is 478 g/mol. The number of hydrogen-bond donors (Lipinski definition) is 1. The zero-order valence-electron chi connectivity index (χ0n) is 15.4. The number of unbranched alkanes of at least 4 members (excludes halogenated alkanes) is 1. The Balaban J connectivity index is 1.70. The van der Waals surface area contributed by atoms with Crippen LogP contribution >= 0.6 is 39.0 Å². The Bertz CT molecular complexity index is 968. The molecule has 0 spiro atoms. The molecule has 8 heteroatoms. The Morgan fingerprint density at radius 3 is 2.89 bits per heavy atom. The highest BCUT2D eigenvalue weighted by Crippen LogP contribution is 2.26. The van der Waals surface area contributed by atoms with Gasteiger partial charge >= 0.3 is 0 Å². The Morgan fingerprint density at radius 2 is 2.14 bits per heavy atom. The van der Waals surface area contributed by atoms with Gasteiger partial charge in [0.15, 0.2) is 10.9 Å². The van der Waals surface area contributed by atoms with Gasteiger partial charge in [0.1, 0.15) is 0 Å². The van der Waals surface area contributed by atoms with Crippen LogP contribution in [0.25, 0.3) is 5.69 Å². The third kappa shape index (κ3) is 5.33. The molecule has 3 aromatic rings. The molecule has 2 heterocycles. The van der Waals surface area contributed by atoms with Crippen molar-refractivity contribution in [2.75, 3.05) is 12.3 Å².